The van der Waals surface area contributed by atoms with Gasteiger partial charge in [0.1, 0.15) is 11.9 Å². The van der Waals surface area contributed by atoms with Crippen molar-refractivity contribution < 1.29 is 9.84 Å². The number of halogens is 2. The summed E-state index contributed by atoms with van der Waals surface area (Å²) in [5.41, 5.74) is 2.86. The number of aryl methyl sites for hydroxylation is 1. The average Bonchev–Trinajstić information content (AvgIpc) is 2.42. The number of aliphatic hydroxyl groups excluding tert-OH is 1. The molecule has 0 saturated heterocycles. The quantitative estimate of drug-likeness (QED) is 0.784. The maximum Gasteiger partial charge on any atom is 0.128 e. The molecule has 2 atom stereocenters. The molecule has 0 amide bonds. The molecule has 0 bridgehead atoms. The molecule has 2 aromatic carbocycles. The van der Waals surface area contributed by atoms with Crippen molar-refractivity contribution in [3.8, 4) is 5.75 Å². The molecule has 20 heavy (non-hydrogen) atoms. The van der Waals surface area contributed by atoms with Gasteiger partial charge in [-0.3, -0.25) is 0 Å². The Hall–Kier alpha value is -1.03. The van der Waals surface area contributed by atoms with Crippen LogP contribution in [-0.4, -0.2) is 5.11 Å². The van der Waals surface area contributed by atoms with Crippen LogP contribution in [0.5, 0.6) is 5.75 Å². The molecule has 0 aromatic heterocycles. The standard InChI is InChI=1S/C16H14BrClO2/c1-9-2-5-15-12(6-9)14(19)8-16(20-15)11-7-10(17)3-4-13(11)18/h2-7,14,16,19H,8H2,1H3. The third-order valence-corrected chi connectivity index (χ3v) is 4.37. The van der Waals surface area contributed by atoms with E-state index in [1.165, 1.54) is 0 Å². The predicted octanol–water partition coefficient (Wildman–Crippen LogP) is 4.97. The number of rotatable bonds is 1. The first-order chi connectivity index (χ1) is 9.54. The highest BCUT2D eigenvalue weighted by Gasteiger charge is 2.29. The van der Waals surface area contributed by atoms with Crippen molar-refractivity contribution in [3.05, 3.63) is 62.6 Å². The molecule has 2 nitrogen and oxygen atoms in total. The Bertz CT molecular complexity index is 657. The van der Waals surface area contributed by atoms with Gasteiger partial charge in [-0.25, -0.2) is 0 Å². The molecule has 104 valence electrons. The second-order valence-corrected chi connectivity index (χ2v) is 6.39. The highest BCUT2D eigenvalue weighted by atomic mass is 79.9. The van der Waals surface area contributed by atoms with Gasteiger partial charge in [-0.2, -0.15) is 0 Å². The molecule has 1 aliphatic heterocycles. The lowest BCUT2D eigenvalue weighted by Gasteiger charge is -2.30. The lowest BCUT2D eigenvalue weighted by Crippen LogP contribution is -2.19. The molecule has 1 N–H and O–H groups in total. The van der Waals surface area contributed by atoms with E-state index in [2.05, 4.69) is 15.9 Å². The monoisotopic (exact) mass is 352 g/mol. The van der Waals surface area contributed by atoms with E-state index < -0.39 is 6.10 Å². The smallest absolute Gasteiger partial charge is 0.128 e. The van der Waals surface area contributed by atoms with Crippen molar-refractivity contribution in [2.24, 2.45) is 0 Å². The summed E-state index contributed by atoms with van der Waals surface area (Å²) < 4.78 is 6.96. The van der Waals surface area contributed by atoms with Gasteiger partial charge in [0.15, 0.2) is 0 Å². The minimum absolute atomic E-state index is 0.231. The number of fused-ring (bicyclic) bond motifs is 1. The molecule has 0 fully saturated rings. The van der Waals surface area contributed by atoms with Crippen LogP contribution in [0, 0.1) is 6.92 Å². The highest BCUT2D eigenvalue weighted by molar-refractivity contribution is 9.10. The fourth-order valence-electron chi connectivity index (χ4n) is 2.52. The molecule has 0 aliphatic carbocycles. The molecule has 1 aliphatic rings. The van der Waals surface area contributed by atoms with Crippen LogP contribution < -0.4 is 4.74 Å². The van der Waals surface area contributed by atoms with Crippen molar-refractivity contribution in [3.63, 3.8) is 0 Å². The molecule has 4 heteroatoms. The Kier molecular flexibility index (Phi) is 3.76. The topological polar surface area (TPSA) is 29.5 Å². The van der Waals surface area contributed by atoms with Crippen LogP contribution in [0.2, 0.25) is 5.02 Å². The first-order valence-electron chi connectivity index (χ1n) is 6.45. The number of ether oxygens (including phenoxy) is 1. The molecule has 1 heterocycles. The molecule has 0 spiro atoms. The zero-order valence-corrected chi connectivity index (χ0v) is 13.3. The largest absolute Gasteiger partial charge is 0.485 e. The van der Waals surface area contributed by atoms with Gasteiger partial charge in [0, 0.05) is 27.0 Å². The second-order valence-electron chi connectivity index (χ2n) is 5.07. The normalized spacial score (nSPS) is 21.2. The van der Waals surface area contributed by atoms with E-state index in [0.717, 1.165) is 26.9 Å². The van der Waals surface area contributed by atoms with Crippen molar-refractivity contribution >= 4 is 27.5 Å². The predicted molar refractivity (Wildman–Crippen MR) is 83.3 cm³/mol. The minimum atomic E-state index is -0.529. The summed E-state index contributed by atoms with van der Waals surface area (Å²) in [6, 6.07) is 11.5. The minimum Gasteiger partial charge on any atom is -0.485 e. The van der Waals surface area contributed by atoms with Gasteiger partial charge < -0.3 is 9.84 Å². The maximum atomic E-state index is 10.3. The fraction of sp³-hybridized carbons (Fsp3) is 0.250. The molecule has 0 saturated carbocycles. The van der Waals surface area contributed by atoms with E-state index in [-0.39, 0.29) is 6.10 Å². The summed E-state index contributed by atoms with van der Waals surface area (Å²) in [5.74, 6) is 0.732. The van der Waals surface area contributed by atoms with E-state index in [1.54, 1.807) is 0 Å². The number of aliphatic hydroxyl groups is 1. The maximum absolute atomic E-state index is 10.3. The van der Waals surface area contributed by atoms with Gasteiger partial charge in [-0.1, -0.05) is 39.2 Å². The summed E-state index contributed by atoms with van der Waals surface area (Å²) >= 11 is 9.69. The van der Waals surface area contributed by atoms with Gasteiger partial charge >= 0.3 is 0 Å². The van der Waals surface area contributed by atoms with E-state index in [9.17, 15) is 5.11 Å². The van der Waals surface area contributed by atoms with Crippen LogP contribution in [-0.2, 0) is 0 Å². The van der Waals surface area contributed by atoms with E-state index >= 15 is 0 Å². The zero-order chi connectivity index (χ0) is 14.3. The summed E-state index contributed by atoms with van der Waals surface area (Å²) in [4.78, 5) is 0. The molecular weight excluding hydrogens is 340 g/mol. The van der Waals surface area contributed by atoms with Crippen LogP contribution in [0.1, 0.15) is 35.3 Å². The third-order valence-electron chi connectivity index (χ3n) is 3.54. The van der Waals surface area contributed by atoms with Gasteiger partial charge in [0.05, 0.1) is 6.10 Å². The van der Waals surface area contributed by atoms with Crippen molar-refractivity contribution in [1.29, 1.82) is 0 Å². The highest BCUT2D eigenvalue weighted by Crippen LogP contribution is 2.43. The van der Waals surface area contributed by atoms with Crippen molar-refractivity contribution in [2.45, 2.75) is 25.6 Å². The molecule has 2 unspecified atom stereocenters. The van der Waals surface area contributed by atoms with Gasteiger partial charge in [0.2, 0.25) is 0 Å². The molecule has 0 radical (unpaired) electrons. The Labute approximate surface area is 131 Å². The lowest BCUT2D eigenvalue weighted by atomic mass is 9.94. The number of hydrogen-bond donors (Lipinski definition) is 1. The number of benzene rings is 2. The first kappa shape index (κ1) is 13.9. The zero-order valence-electron chi connectivity index (χ0n) is 10.9. The SMILES string of the molecule is Cc1ccc2c(c1)C(O)CC(c1cc(Br)ccc1Cl)O2. The Balaban J connectivity index is 1.99. The summed E-state index contributed by atoms with van der Waals surface area (Å²) in [5, 5.41) is 11.0. The molecular formula is C16H14BrClO2. The summed E-state index contributed by atoms with van der Waals surface area (Å²) in [6.07, 6.45) is -0.254. The van der Waals surface area contributed by atoms with Gasteiger partial charge in [0.25, 0.3) is 0 Å². The fourth-order valence-corrected chi connectivity index (χ4v) is 3.14. The van der Waals surface area contributed by atoms with Crippen LogP contribution in [0.4, 0.5) is 0 Å². The Morgan fingerprint density at radius 2 is 2.00 bits per heavy atom. The van der Waals surface area contributed by atoms with Crippen LogP contribution >= 0.6 is 27.5 Å². The van der Waals surface area contributed by atoms with Crippen LogP contribution in [0.15, 0.2) is 40.9 Å². The van der Waals surface area contributed by atoms with Gasteiger partial charge in [-0.15, -0.1) is 0 Å². The summed E-state index contributed by atoms with van der Waals surface area (Å²) in [7, 11) is 0. The third kappa shape index (κ3) is 2.58. The molecule has 3 rings (SSSR count). The van der Waals surface area contributed by atoms with Crippen molar-refractivity contribution in [2.75, 3.05) is 0 Å². The molecule has 2 aromatic rings. The summed E-state index contributed by atoms with van der Waals surface area (Å²) in [6.45, 7) is 2.00. The van der Waals surface area contributed by atoms with Crippen LogP contribution in [0.25, 0.3) is 0 Å². The van der Waals surface area contributed by atoms with E-state index in [1.807, 2.05) is 43.3 Å². The Morgan fingerprint density at radius 3 is 2.80 bits per heavy atom. The Morgan fingerprint density at radius 1 is 1.20 bits per heavy atom. The van der Waals surface area contributed by atoms with Crippen LogP contribution in [0.3, 0.4) is 0 Å². The van der Waals surface area contributed by atoms with Gasteiger partial charge in [-0.05, 0) is 37.3 Å². The van der Waals surface area contributed by atoms with E-state index in [4.69, 9.17) is 16.3 Å². The lowest BCUT2D eigenvalue weighted by molar-refractivity contribution is 0.0657. The average molecular weight is 354 g/mol. The number of hydrogen-bond acceptors (Lipinski definition) is 2. The first-order valence-corrected chi connectivity index (χ1v) is 7.62. The van der Waals surface area contributed by atoms with E-state index in [0.29, 0.717) is 11.4 Å². The second kappa shape index (κ2) is 5.40. The van der Waals surface area contributed by atoms with Crippen molar-refractivity contribution in [1.82, 2.24) is 0 Å².